The quantitative estimate of drug-likeness (QED) is 0.218. The van der Waals surface area contributed by atoms with E-state index in [1.54, 1.807) is 42.7 Å². The van der Waals surface area contributed by atoms with Gasteiger partial charge in [-0.2, -0.15) is 13.2 Å². The normalized spacial score (nSPS) is 12.4. The second-order valence-corrected chi connectivity index (χ2v) is 9.37. The number of nitrogens with zero attached hydrogens (tertiary/aromatic N) is 2. The van der Waals surface area contributed by atoms with E-state index in [0.29, 0.717) is 12.1 Å². The van der Waals surface area contributed by atoms with E-state index in [9.17, 15) is 22.4 Å². The van der Waals surface area contributed by atoms with E-state index < -0.39 is 17.7 Å². The average molecular weight is 532 g/mol. The number of alkyl halides is 3. The van der Waals surface area contributed by atoms with Crippen LogP contribution >= 0.6 is 0 Å². The summed E-state index contributed by atoms with van der Waals surface area (Å²) in [7, 11) is 0. The molecule has 39 heavy (non-hydrogen) atoms. The van der Waals surface area contributed by atoms with Crippen LogP contribution in [0.25, 0.3) is 10.9 Å². The molecule has 3 aromatic carbocycles. The Bertz CT molecular complexity index is 1580. The molecule has 0 aliphatic carbocycles. The molecule has 8 heteroatoms. The maximum Gasteiger partial charge on any atom is 0.416 e. The molecular formula is C31H25F4N3O. The van der Waals surface area contributed by atoms with Gasteiger partial charge < -0.3 is 9.88 Å². The van der Waals surface area contributed by atoms with Gasteiger partial charge in [0.05, 0.1) is 5.56 Å². The van der Waals surface area contributed by atoms with Crippen molar-refractivity contribution in [3.8, 4) is 0 Å². The summed E-state index contributed by atoms with van der Waals surface area (Å²) in [5, 5.41) is 3.72. The summed E-state index contributed by atoms with van der Waals surface area (Å²) in [5.41, 5.74) is 2.97. The number of carbonyl (C=O) groups excluding carboxylic acids is 1. The van der Waals surface area contributed by atoms with Gasteiger partial charge >= 0.3 is 6.18 Å². The molecule has 4 nitrogen and oxygen atoms in total. The van der Waals surface area contributed by atoms with Crippen LogP contribution in [0.15, 0.2) is 104 Å². The van der Waals surface area contributed by atoms with Crippen LogP contribution in [0.3, 0.4) is 0 Å². The second kappa shape index (κ2) is 11.1. The Morgan fingerprint density at radius 2 is 1.64 bits per heavy atom. The van der Waals surface area contributed by atoms with Crippen LogP contribution in [0, 0.1) is 5.82 Å². The van der Waals surface area contributed by atoms with Crippen molar-refractivity contribution in [1.82, 2.24) is 14.9 Å². The standard InChI is InChI=1S/C31H25F4N3O/c32-25-10-8-22(9-11-25)19-38-20-28(26-6-1-2-7-29(26)38)27(23-4-3-5-24(16-23)31(33,34)35)17-30(39)37-18-21-12-14-36-15-13-21/h1-16,20,27H,17-19H2,(H,37,39)/t27-/m1/s1. The van der Waals surface area contributed by atoms with Crippen LogP contribution < -0.4 is 5.32 Å². The van der Waals surface area contributed by atoms with Crippen molar-refractivity contribution in [2.24, 2.45) is 0 Å². The van der Waals surface area contributed by atoms with Crippen molar-refractivity contribution in [3.63, 3.8) is 0 Å². The van der Waals surface area contributed by atoms with Crippen molar-refractivity contribution in [1.29, 1.82) is 0 Å². The Hall–Kier alpha value is -4.46. The van der Waals surface area contributed by atoms with Crippen LogP contribution in [0.2, 0.25) is 0 Å². The lowest BCUT2D eigenvalue weighted by molar-refractivity contribution is -0.137. The molecule has 0 saturated carbocycles. The van der Waals surface area contributed by atoms with Gasteiger partial charge in [-0.25, -0.2) is 4.39 Å². The molecule has 1 N–H and O–H groups in total. The monoisotopic (exact) mass is 531 g/mol. The number of fused-ring (bicyclic) bond motifs is 1. The zero-order valence-electron chi connectivity index (χ0n) is 20.8. The van der Waals surface area contributed by atoms with E-state index in [1.165, 1.54) is 18.2 Å². The highest BCUT2D eigenvalue weighted by atomic mass is 19.4. The Kier molecular flexibility index (Phi) is 7.45. The number of carbonyl (C=O) groups is 1. The summed E-state index contributed by atoms with van der Waals surface area (Å²) < 4.78 is 56.3. The van der Waals surface area contributed by atoms with Crippen LogP contribution in [0.4, 0.5) is 17.6 Å². The zero-order chi connectivity index (χ0) is 27.4. The van der Waals surface area contributed by atoms with E-state index in [-0.39, 0.29) is 24.7 Å². The molecule has 5 rings (SSSR count). The van der Waals surface area contributed by atoms with E-state index in [1.807, 2.05) is 35.0 Å². The molecule has 2 heterocycles. The van der Waals surface area contributed by atoms with Crippen molar-refractivity contribution in [2.75, 3.05) is 0 Å². The minimum Gasteiger partial charge on any atom is -0.352 e. The largest absolute Gasteiger partial charge is 0.416 e. The van der Waals surface area contributed by atoms with Crippen molar-refractivity contribution < 1.29 is 22.4 Å². The molecule has 1 amide bonds. The molecule has 5 aromatic rings. The zero-order valence-corrected chi connectivity index (χ0v) is 20.8. The number of aromatic nitrogens is 2. The molecule has 0 bridgehead atoms. The number of amides is 1. The molecule has 1 atom stereocenters. The molecule has 0 aliphatic rings. The molecular weight excluding hydrogens is 506 g/mol. The smallest absolute Gasteiger partial charge is 0.352 e. The lowest BCUT2D eigenvalue weighted by atomic mass is 9.87. The van der Waals surface area contributed by atoms with Gasteiger partial charge in [0.1, 0.15) is 5.82 Å². The topological polar surface area (TPSA) is 46.9 Å². The molecule has 198 valence electrons. The second-order valence-electron chi connectivity index (χ2n) is 9.37. The van der Waals surface area contributed by atoms with Crippen LogP contribution in [-0.4, -0.2) is 15.5 Å². The summed E-state index contributed by atoms with van der Waals surface area (Å²) in [5.74, 6) is -1.26. The van der Waals surface area contributed by atoms with Gasteiger partial charge in [0.25, 0.3) is 0 Å². The lowest BCUT2D eigenvalue weighted by Crippen LogP contribution is -2.25. The van der Waals surface area contributed by atoms with E-state index in [2.05, 4.69) is 10.3 Å². The number of para-hydroxylation sites is 1. The van der Waals surface area contributed by atoms with Gasteiger partial charge in [-0.1, -0.05) is 48.5 Å². The highest BCUT2D eigenvalue weighted by molar-refractivity contribution is 5.87. The highest BCUT2D eigenvalue weighted by Gasteiger charge is 2.32. The molecule has 0 fully saturated rings. The van der Waals surface area contributed by atoms with Gasteiger partial charge in [0, 0.05) is 54.9 Å². The molecule has 0 radical (unpaired) electrons. The highest BCUT2D eigenvalue weighted by Crippen LogP contribution is 2.38. The van der Waals surface area contributed by atoms with E-state index >= 15 is 0 Å². The summed E-state index contributed by atoms with van der Waals surface area (Å²) in [4.78, 5) is 17.1. The van der Waals surface area contributed by atoms with Gasteiger partial charge in [0.2, 0.25) is 5.91 Å². The third-order valence-corrected chi connectivity index (χ3v) is 6.71. The Morgan fingerprint density at radius 3 is 2.38 bits per heavy atom. The first-order valence-corrected chi connectivity index (χ1v) is 12.4. The third kappa shape index (κ3) is 6.17. The van der Waals surface area contributed by atoms with Crippen molar-refractivity contribution >= 4 is 16.8 Å². The summed E-state index contributed by atoms with van der Waals surface area (Å²) in [6.07, 6.45) is 0.582. The number of hydrogen-bond acceptors (Lipinski definition) is 2. The number of pyridine rings is 1. The Labute approximate surface area is 222 Å². The average Bonchev–Trinajstić information content (AvgIpc) is 3.30. The van der Waals surface area contributed by atoms with Crippen LogP contribution in [-0.2, 0) is 24.1 Å². The molecule has 0 unspecified atom stereocenters. The first kappa shape index (κ1) is 26.2. The number of hydrogen-bond donors (Lipinski definition) is 1. The fourth-order valence-electron chi connectivity index (χ4n) is 4.77. The van der Waals surface area contributed by atoms with E-state index in [4.69, 9.17) is 0 Å². The predicted octanol–water partition coefficient (Wildman–Crippen LogP) is 7.08. The number of halogens is 4. The number of rotatable bonds is 8. The maximum atomic E-state index is 13.6. The minimum atomic E-state index is -4.51. The van der Waals surface area contributed by atoms with Crippen LogP contribution in [0.5, 0.6) is 0 Å². The lowest BCUT2D eigenvalue weighted by Gasteiger charge is -2.19. The fraction of sp³-hybridized carbons (Fsp3) is 0.161. The summed E-state index contributed by atoms with van der Waals surface area (Å²) >= 11 is 0. The SMILES string of the molecule is O=C(C[C@H](c1cccc(C(F)(F)F)c1)c1cn(Cc2ccc(F)cc2)c2ccccc12)NCc1ccncc1. The van der Waals surface area contributed by atoms with Gasteiger partial charge in [-0.05, 0) is 58.7 Å². The number of benzene rings is 3. The molecule has 2 aromatic heterocycles. The molecule has 0 spiro atoms. The van der Waals surface area contributed by atoms with Gasteiger partial charge in [-0.15, -0.1) is 0 Å². The minimum absolute atomic E-state index is 0.0447. The Balaban J connectivity index is 1.53. The van der Waals surface area contributed by atoms with Crippen LogP contribution in [0.1, 0.15) is 40.2 Å². The fourth-order valence-corrected chi connectivity index (χ4v) is 4.77. The molecule has 0 saturated heterocycles. The summed E-state index contributed by atoms with van der Waals surface area (Å²) in [6, 6.07) is 22.5. The van der Waals surface area contributed by atoms with Crippen molar-refractivity contribution in [3.05, 3.63) is 137 Å². The predicted molar refractivity (Wildman–Crippen MR) is 141 cm³/mol. The summed E-state index contributed by atoms with van der Waals surface area (Å²) in [6.45, 7) is 0.716. The first-order chi connectivity index (χ1) is 18.8. The first-order valence-electron chi connectivity index (χ1n) is 12.4. The third-order valence-electron chi connectivity index (χ3n) is 6.71. The number of nitrogens with one attached hydrogen (secondary N) is 1. The van der Waals surface area contributed by atoms with Gasteiger partial charge in [0.15, 0.2) is 0 Å². The van der Waals surface area contributed by atoms with Crippen molar-refractivity contribution in [2.45, 2.75) is 31.6 Å². The van der Waals surface area contributed by atoms with E-state index in [0.717, 1.165) is 39.7 Å². The maximum absolute atomic E-state index is 13.6. The Morgan fingerprint density at radius 1 is 0.897 bits per heavy atom. The van der Waals surface area contributed by atoms with Gasteiger partial charge in [-0.3, -0.25) is 9.78 Å². The molecule has 0 aliphatic heterocycles.